The van der Waals surface area contributed by atoms with Gasteiger partial charge in [0, 0.05) is 12.5 Å². The minimum atomic E-state index is -4.21. The van der Waals surface area contributed by atoms with E-state index in [4.69, 9.17) is 0 Å². The molecule has 1 aromatic carbocycles. The van der Waals surface area contributed by atoms with Crippen molar-refractivity contribution in [3.63, 3.8) is 0 Å². The molecule has 1 aromatic rings. The zero-order valence-corrected chi connectivity index (χ0v) is 12.0. The number of ketones is 1. The van der Waals surface area contributed by atoms with Crippen molar-refractivity contribution in [2.24, 2.45) is 0 Å². The van der Waals surface area contributed by atoms with Gasteiger partial charge in [0.1, 0.15) is 6.10 Å². The van der Waals surface area contributed by atoms with Gasteiger partial charge in [0.2, 0.25) is 0 Å². The number of nitrogens with zero attached hydrogens (tertiary/aromatic N) is 2. The highest BCUT2D eigenvalue weighted by molar-refractivity contribution is 7.89. The van der Waals surface area contributed by atoms with Crippen LogP contribution in [0.3, 0.4) is 0 Å². The molecule has 1 fully saturated rings. The summed E-state index contributed by atoms with van der Waals surface area (Å²) in [4.78, 5) is 21.5. The van der Waals surface area contributed by atoms with Gasteiger partial charge in [-0.2, -0.15) is 4.31 Å². The maximum atomic E-state index is 12.8. The van der Waals surface area contributed by atoms with Crippen molar-refractivity contribution in [1.82, 2.24) is 4.31 Å². The van der Waals surface area contributed by atoms with Crippen LogP contribution in [0.1, 0.15) is 6.42 Å². The predicted octanol–water partition coefficient (Wildman–Crippen LogP) is 0.226. The quantitative estimate of drug-likeness (QED) is 0.483. The zero-order chi connectivity index (χ0) is 16.1. The highest BCUT2D eigenvalue weighted by Gasteiger charge is 2.50. The molecule has 9 heteroatoms. The highest BCUT2D eigenvalue weighted by atomic mass is 32.2. The normalized spacial score (nSPS) is 28.0. The van der Waals surface area contributed by atoms with Gasteiger partial charge >= 0.3 is 0 Å². The fraction of sp³-hybridized carbons (Fsp3) is 0.308. The number of nitro groups is 1. The standard InChI is InChI=1S/C13H12N2O6S/c16-11-7-8-5-6-10(13(11)17)14(8)22(20,21)12-4-2-1-3-9(12)15(18)19/h1-6,8,10,13,17H,7H2. The van der Waals surface area contributed by atoms with Crippen LogP contribution in [0.5, 0.6) is 0 Å². The summed E-state index contributed by atoms with van der Waals surface area (Å²) in [5, 5.41) is 20.9. The number of Topliss-reactive ketones (excluding diaryl/α,β-unsaturated/α-hetero) is 1. The molecule has 2 bridgehead atoms. The summed E-state index contributed by atoms with van der Waals surface area (Å²) in [6.07, 6.45) is 1.39. The molecular formula is C13H12N2O6S. The Bertz CT molecular complexity index is 787. The molecule has 3 rings (SSSR count). The maximum absolute atomic E-state index is 12.8. The van der Waals surface area contributed by atoms with E-state index in [2.05, 4.69) is 0 Å². The Balaban J connectivity index is 2.09. The minimum absolute atomic E-state index is 0.145. The van der Waals surface area contributed by atoms with Gasteiger partial charge < -0.3 is 5.11 Å². The molecule has 1 saturated heterocycles. The third-order valence-electron chi connectivity index (χ3n) is 3.83. The fourth-order valence-corrected chi connectivity index (χ4v) is 4.72. The average Bonchev–Trinajstić information content (AvgIpc) is 2.84. The monoisotopic (exact) mass is 324 g/mol. The molecule has 0 spiro atoms. The lowest BCUT2D eigenvalue weighted by atomic mass is 10.0. The van der Waals surface area contributed by atoms with Gasteiger partial charge in [-0.1, -0.05) is 24.3 Å². The first-order chi connectivity index (χ1) is 10.3. The molecule has 2 aliphatic rings. The number of carbonyl (C=O) groups is 1. The molecule has 116 valence electrons. The minimum Gasteiger partial charge on any atom is -0.383 e. The van der Waals surface area contributed by atoms with Crippen LogP contribution < -0.4 is 0 Å². The largest absolute Gasteiger partial charge is 0.383 e. The van der Waals surface area contributed by atoms with Gasteiger partial charge in [-0.3, -0.25) is 14.9 Å². The van der Waals surface area contributed by atoms with E-state index in [9.17, 15) is 28.4 Å². The Labute approximate surface area is 125 Å². The van der Waals surface area contributed by atoms with E-state index in [1.807, 2.05) is 0 Å². The summed E-state index contributed by atoms with van der Waals surface area (Å²) < 4.78 is 26.5. The molecule has 0 aromatic heterocycles. The van der Waals surface area contributed by atoms with Crippen molar-refractivity contribution in [2.75, 3.05) is 0 Å². The molecule has 22 heavy (non-hydrogen) atoms. The van der Waals surface area contributed by atoms with E-state index in [-0.39, 0.29) is 6.42 Å². The number of rotatable bonds is 3. The van der Waals surface area contributed by atoms with Crippen molar-refractivity contribution >= 4 is 21.5 Å². The van der Waals surface area contributed by atoms with E-state index in [0.717, 1.165) is 16.4 Å². The lowest BCUT2D eigenvalue weighted by Gasteiger charge is -2.35. The third kappa shape index (κ3) is 2.05. The number of hydrogen-bond donors (Lipinski definition) is 1. The van der Waals surface area contributed by atoms with E-state index in [1.54, 1.807) is 0 Å². The lowest BCUT2D eigenvalue weighted by molar-refractivity contribution is -0.387. The zero-order valence-electron chi connectivity index (χ0n) is 11.2. The summed E-state index contributed by atoms with van der Waals surface area (Å²) >= 11 is 0. The van der Waals surface area contributed by atoms with Crippen LogP contribution in [0.25, 0.3) is 0 Å². The summed E-state index contributed by atoms with van der Waals surface area (Å²) in [6.45, 7) is 0. The number of sulfonamides is 1. The number of aliphatic hydroxyl groups is 1. The fourth-order valence-electron chi connectivity index (χ4n) is 2.83. The van der Waals surface area contributed by atoms with Crippen LogP contribution in [-0.4, -0.2) is 46.7 Å². The molecule has 8 nitrogen and oxygen atoms in total. The van der Waals surface area contributed by atoms with Crippen molar-refractivity contribution < 1.29 is 23.2 Å². The van der Waals surface area contributed by atoms with E-state index >= 15 is 0 Å². The summed E-state index contributed by atoms with van der Waals surface area (Å²) in [5.41, 5.74) is -0.534. The van der Waals surface area contributed by atoms with Crippen molar-refractivity contribution in [3.05, 3.63) is 46.5 Å². The first kappa shape index (κ1) is 14.8. The van der Waals surface area contributed by atoms with Gasteiger partial charge in [0.15, 0.2) is 10.7 Å². The Hall–Kier alpha value is -2.10. The summed E-state index contributed by atoms with van der Waals surface area (Å²) in [5.74, 6) is -0.436. The van der Waals surface area contributed by atoms with Crippen molar-refractivity contribution in [3.8, 4) is 0 Å². The number of fused-ring (bicyclic) bond motifs is 2. The number of piperidine rings is 1. The number of nitro benzene ring substituents is 1. The van der Waals surface area contributed by atoms with E-state index in [0.29, 0.717) is 0 Å². The third-order valence-corrected chi connectivity index (χ3v) is 5.80. The molecular weight excluding hydrogens is 312 g/mol. The second kappa shape index (κ2) is 4.97. The van der Waals surface area contributed by atoms with Crippen LogP contribution >= 0.6 is 0 Å². The smallest absolute Gasteiger partial charge is 0.289 e. The first-order valence-corrected chi connectivity index (χ1v) is 7.94. The van der Waals surface area contributed by atoms with Crippen LogP contribution in [0.4, 0.5) is 5.69 Å². The van der Waals surface area contributed by atoms with E-state index < -0.39 is 49.5 Å². The van der Waals surface area contributed by atoms with Gasteiger partial charge in [-0.05, 0) is 6.07 Å². The summed E-state index contributed by atoms with van der Waals surface area (Å²) in [6, 6.07) is 3.28. The van der Waals surface area contributed by atoms with Crippen molar-refractivity contribution in [2.45, 2.75) is 29.5 Å². The molecule has 2 heterocycles. The van der Waals surface area contributed by atoms with Gasteiger partial charge in [0.25, 0.3) is 15.7 Å². The Kier molecular flexibility index (Phi) is 3.35. The number of carbonyl (C=O) groups excluding carboxylic acids is 1. The molecule has 1 N–H and O–H groups in total. The van der Waals surface area contributed by atoms with Crippen molar-refractivity contribution in [1.29, 1.82) is 0 Å². The van der Waals surface area contributed by atoms with Gasteiger partial charge in [0.05, 0.1) is 17.0 Å². The second-order valence-corrected chi connectivity index (χ2v) is 6.93. The molecule has 2 aliphatic heterocycles. The lowest BCUT2D eigenvalue weighted by Crippen LogP contribution is -2.55. The van der Waals surface area contributed by atoms with Crippen LogP contribution in [0.15, 0.2) is 41.3 Å². The molecule has 0 radical (unpaired) electrons. The number of hydrogen-bond acceptors (Lipinski definition) is 6. The van der Waals surface area contributed by atoms with Crippen LogP contribution in [0, 0.1) is 10.1 Å². The van der Waals surface area contributed by atoms with Crippen LogP contribution in [0.2, 0.25) is 0 Å². The van der Waals surface area contributed by atoms with Crippen LogP contribution in [-0.2, 0) is 14.8 Å². The Morgan fingerprint density at radius 2 is 1.95 bits per heavy atom. The maximum Gasteiger partial charge on any atom is 0.289 e. The molecule has 0 saturated carbocycles. The number of aliphatic hydroxyl groups excluding tert-OH is 1. The second-order valence-electron chi connectivity index (χ2n) is 5.12. The first-order valence-electron chi connectivity index (χ1n) is 6.50. The highest BCUT2D eigenvalue weighted by Crippen LogP contribution is 2.36. The summed E-state index contributed by atoms with van der Waals surface area (Å²) in [7, 11) is -4.21. The molecule has 0 amide bonds. The van der Waals surface area contributed by atoms with Gasteiger partial charge in [-0.15, -0.1) is 0 Å². The number of para-hydroxylation sites is 1. The Morgan fingerprint density at radius 1 is 1.27 bits per heavy atom. The Morgan fingerprint density at radius 3 is 2.64 bits per heavy atom. The average molecular weight is 324 g/mol. The van der Waals surface area contributed by atoms with Gasteiger partial charge in [-0.25, -0.2) is 8.42 Å². The topological polar surface area (TPSA) is 118 Å². The molecule has 3 unspecified atom stereocenters. The number of benzene rings is 1. The SMILES string of the molecule is O=C1CC2C=CC(C1O)N2S(=O)(=O)c1ccccc1[N+](=O)[O-]. The predicted molar refractivity (Wildman–Crippen MR) is 74.5 cm³/mol. The molecule has 0 aliphatic carbocycles. The molecule has 3 atom stereocenters. The van der Waals surface area contributed by atoms with E-state index in [1.165, 1.54) is 24.3 Å².